The van der Waals surface area contributed by atoms with Crippen molar-refractivity contribution in [2.24, 2.45) is 0 Å². The van der Waals surface area contributed by atoms with Gasteiger partial charge in [0.05, 0.1) is 17.4 Å². The van der Waals surface area contributed by atoms with Gasteiger partial charge < -0.3 is 10.2 Å². The summed E-state index contributed by atoms with van der Waals surface area (Å²) >= 11 is 0. The third-order valence-electron chi connectivity index (χ3n) is 8.04. The van der Waals surface area contributed by atoms with Crippen molar-refractivity contribution in [1.29, 1.82) is 0 Å². The standard InChI is InChI=1S/C30H31N7/c1-35-13-15-36(16-14-35)25-17-23(18-25)30-32-20-28-29(31-11-12-37(28)30)33-24-9-7-22-8-10-26(34-27(22)19-24)21-5-3-2-4-6-21/h2-12,19-20,23,25H,13-18H2,1H3,(H,31,33)/t23-,25+. The molecule has 0 radical (unpaired) electrons. The summed E-state index contributed by atoms with van der Waals surface area (Å²) < 4.78 is 2.22. The third-order valence-corrected chi connectivity index (χ3v) is 8.04. The number of fused-ring (bicyclic) bond motifs is 2. The van der Waals surface area contributed by atoms with E-state index in [-0.39, 0.29) is 0 Å². The molecule has 0 unspecified atom stereocenters. The number of hydrogen-bond donors (Lipinski definition) is 1. The van der Waals surface area contributed by atoms with Crippen molar-refractivity contribution < 1.29 is 0 Å². The highest BCUT2D eigenvalue weighted by molar-refractivity contribution is 5.86. The number of benzene rings is 2. The van der Waals surface area contributed by atoms with Gasteiger partial charge in [0.2, 0.25) is 0 Å². The van der Waals surface area contributed by atoms with Crippen molar-refractivity contribution in [2.45, 2.75) is 24.8 Å². The first-order valence-electron chi connectivity index (χ1n) is 13.2. The predicted molar refractivity (Wildman–Crippen MR) is 148 cm³/mol. The lowest BCUT2D eigenvalue weighted by Crippen LogP contribution is -2.52. The molecule has 7 rings (SSSR count). The summed E-state index contributed by atoms with van der Waals surface area (Å²) in [6, 6.07) is 21.5. The Morgan fingerprint density at radius 1 is 0.892 bits per heavy atom. The van der Waals surface area contributed by atoms with E-state index in [2.05, 4.69) is 74.0 Å². The minimum Gasteiger partial charge on any atom is -0.338 e. The van der Waals surface area contributed by atoms with Gasteiger partial charge in [-0.15, -0.1) is 0 Å². The first-order chi connectivity index (χ1) is 18.2. The van der Waals surface area contributed by atoms with Crippen LogP contribution in [-0.2, 0) is 0 Å². The number of rotatable bonds is 5. The van der Waals surface area contributed by atoms with Gasteiger partial charge in [0.1, 0.15) is 11.3 Å². The molecule has 37 heavy (non-hydrogen) atoms. The molecular formula is C30H31N7. The Labute approximate surface area is 216 Å². The summed E-state index contributed by atoms with van der Waals surface area (Å²) in [5.41, 5.74) is 5.02. The van der Waals surface area contributed by atoms with Gasteiger partial charge in [0, 0.05) is 67.2 Å². The highest BCUT2D eigenvalue weighted by Crippen LogP contribution is 2.40. The molecule has 1 saturated carbocycles. The highest BCUT2D eigenvalue weighted by Gasteiger charge is 2.37. The first kappa shape index (κ1) is 22.4. The fourth-order valence-electron chi connectivity index (χ4n) is 5.73. The molecule has 2 aromatic carbocycles. The minimum absolute atomic E-state index is 0.503. The van der Waals surface area contributed by atoms with Crippen molar-refractivity contribution in [2.75, 3.05) is 38.5 Å². The van der Waals surface area contributed by atoms with Crippen LogP contribution in [0.1, 0.15) is 24.6 Å². The molecule has 0 bridgehead atoms. The van der Waals surface area contributed by atoms with Crippen LogP contribution in [0.2, 0.25) is 0 Å². The Hall–Kier alpha value is -3.81. The maximum atomic E-state index is 4.92. The van der Waals surface area contributed by atoms with E-state index in [4.69, 9.17) is 9.97 Å². The Kier molecular flexibility index (Phi) is 5.60. The molecule has 7 nitrogen and oxygen atoms in total. The van der Waals surface area contributed by atoms with E-state index < -0.39 is 0 Å². The number of hydrogen-bond acceptors (Lipinski definition) is 6. The Bertz CT molecular complexity index is 1550. The first-order valence-corrected chi connectivity index (χ1v) is 13.2. The molecule has 1 saturated heterocycles. The molecule has 1 aliphatic carbocycles. The highest BCUT2D eigenvalue weighted by atomic mass is 15.3. The van der Waals surface area contributed by atoms with Crippen LogP contribution in [0, 0.1) is 0 Å². The maximum Gasteiger partial charge on any atom is 0.156 e. The number of anilines is 2. The molecule has 1 N–H and O–H groups in total. The number of nitrogens with one attached hydrogen (secondary N) is 1. The summed E-state index contributed by atoms with van der Waals surface area (Å²) in [6.07, 6.45) is 8.24. The van der Waals surface area contributed by atoms with E-state index in [1.807, 2.05) is 36.8 Å². The Balaban J connectivity index is 1.11. The molecule has 7 heteroatoms. The second-order valence-corrected chi connectivity index (χ2v) is 10.4. The van der Waals surface area contributed by atoms with Crippen molar-refractivity contribution in [1.82, 2.24) is 29.2 Å². The van der Waals surface area contributed by atoms with Gasteiger partial charge in [0.15, 0.2) is 5.82 Å². The van der Waals surface area contributed by atoms with Crippen LogP contribution in [0.15, 0.2) is 79.3 Å². The zero-order valence-corrected chi connectivity index (χ0v) is 21.1. The van der Waals surface area contributed by atoms with Crippen molar-refractivity contribution >= 4 is 27.9 Å². The van der Waals surface area contributed by atoms with Crippen LogP contribution in [0.5, 0.6) is 0 Å². The van der Waals surface area contributed by atoms with E-state index in [1.165, 1.54) is 39.0 Å². The normalized spacial score (nSPS) is 20.8. The molecule has 0 spiro atoms. The molecule has 186 valence electrons. The number of nitrogens with zero attached hydrogens (tertiary/aromatic N) is 6. The molecule has 4 heterocycles. The smallest absolute Gasteiger partial charge is 0.156 e. The second-order valence-electron chi connectivity index (χ2n) is 10.4. The zero-order valence-electron chi connectivity index (χ0n) is 21.1. The van der Waals surface area contributed by atoms with Crippen LogP contribution >= 0.6 is 0 Å². The second kappa shape index (κ2) is 9.25. The van der Waals surface area contributed by atoms with Crippen molar-refractivity contribution in [3.63, 3.8) is 0 Å². The predicted octanol–water partition coefficient (Wildman–Crippen LogP) is 5.18. The molecule has 3 aromatic heterocycles. The summed E-state index contributed by atoms with van der Waals surface area (Å²) in [5.74, 6) is 2.47. The maximum absolute atomic E-state index is 4.92. The number of aromatic nitrogens is 4. The minimum atomic E-state index is 0.503. The third kappa shape index (κ3) is 4.24. The fraction of sp³-hybridized carbons (Fsp3) is 0.300. The van der Waals surface area contributed by atoms with Crippen LogP contribution < -0.4 is 5.32 Å². The molecule has 2 fully saturated rings. The van der Waals surface area contributed by atoms with Crippen molar-refractivity contribution in [3.05, 3.63) is 85.1 Å². The topological polar surface area (TPSA) is 61.6 Å². The van der Waals surface area contributed by atoms with Gasteiger partial charge in [-0.2, -0.15) is 0 Å². The van der Waals surface area contributed by atoms with Gasteiger partial charge in [-0.05, 0) is 38.1 Å². The molecule has 0 atom stereocenters. The van der Waals surface area contributed by atoms with Crippen LogP contribution in [0.3, 0.4) is 0 Å². The zero-order chi connectivity index (χ0) is 24.8. The van der Waals surface area contributed by atoms with Crippen molar-refractivity contribution in [3.8, 4) is 11.3 Å². The van der Waals surface area contributed by atoms with E-state index >= 15 is 0 Å². The molecular weight excluding hydrogens is 458 g/mol. The van der Waals surface area contributed by atoms with E-state index in [9.17, 15) is 0 Å². The van der Waals surface area contributed by atoms with E-state index in [0.29, 0.717) is 12.0 Å². The SMILES string of the molecule is CN1CCN([C@H]2C[C@@H](c3ncc4c(Nc5ccc6ccc(-c7ccccc7)nc6c5)nccn43)C2)CC1. The van der Waals surface area contributed by atoms with Gasteiger partial charge >= 0.3 is 0 Å². The molecule has 5 aromatic rings. The summed E-state index contributed by atoms with van der Waals surface area (Å²) in [4.78, 5) is 19.5. The summed E-state index contributed by atoms with van der Waals surface area (Å²) in [7, 11) is 2.22. The average Bonchev–Trinajstić information content (AvgIpc) is 3.34. The van der Waals surface area contributed by atoms with Crippen LogP contribution in [0.4, 0.5) is 11.5 Å². The monoisotopic (exact) mass is 489 g/mol. The van der Waals surface area contributed by atoms with Crippen LogP contribution in [-0.4, -0.2) is 68.4 Å². The molecule has 2 aliphatic rings. The quantitative estimate of drug-likeness (QED) is 0.367. The number of imidazole rings is 1. The molecule has 1 aliphatic heterocycles. The van der Waals surface area contributed by atoms with Gasteiger partial charge in [-0.25, -0.2) is 15.0 Å². The lowest BCUT2D eigenvalue weighted by Gasteiger charge is -2.45. The largest absolute Gasteiger partial charge is 0.338 e. The van der Waals surface area contributed by atoms with Gasteiger partial charge in [-0.1, -0.05) is 42.5 Å². The summed E-state index contributed by atoms with van der Waals surface area (Å²) in [6.45, 7) is 4.71. The van der Waals surface area contributed by atoms with E-state index in [1.54, 1.807) is 0 Å². The van der Waals surface area contributed by atoms with E-state index in [0.717, 1.165) is 45.0 Å². The lowest BCUT2D eigenvalue weighted by atomic mass is 9.78. The number of likely N-dealkylation sites (N-methyl/N-ethyl adjacent to an activating group) is 1. The van der Waals surface area contributed by atoms with Gasteiger partial charge in [-0.3, -0.25) is 9.30 Å². The Morgan fingerprint density at radius 3 is 2.54 bits per heavy atom. The summed E-state index contributed by atoms with van der Waals surface area (Å²) in [5, 5.41) is 4.64. The van der Waals surface area contributed by atoms with Crippen LogP contribution in [0.25, 0.3) is 27.7 Å². The lowest BCUT2D eigenvalue weighted by molar-refractivity contribution is 0.0586. The number of piperazine rings is 1. The Morgan fingerprint density at radius 2 is 1.70 bits per heavy atom. The fourth-order valence-corrected chi connectivity index (χ4v) is 5.73. The molecule has 0 amide bonds. The number of pyridine rings is 1. The van der Waals surface area contributed by atoms with Gasteiger partial charge in [0.25, 0.3) is 0 Å². The average molecular weight is 490 g/mol.